The molecule has 1 unspecified atom stereocenters. The van der Waals surface area contributed by atoms with Gasteiger partial charge in [0.05, 0.1) is 6.04 Å². The van der Waals surface area contributed by atoms with Crippen LogP contribution in [-0.4, -0.2) is 6.54 Å². The van der Waals surface area contributed by atoms with Gasteiger partial charge in [-0.3, -0.25) is 0 Å². The molecule has 0 aliphatic rings. The lowest BCUT2D eigenvalue weighted by atomic mass is 10.1. The molecule has 1 heterocycles. The number of hydrogen-bond donors (Lipinski definition) is 1. The van der Waals surface area contributed by atoms with Crippen LogP contribution >= 0.6 is 54.8 Å². The van der Waals surface area contributed by atoms with Gasteiger partial charge in [-0.1, -0.05) is 40.5 Å². The number of rotatable bonds is 4. The topological polar surface area (TPSA) is 12.0 Å². The van der Waals surface area contributed by atoms with E-state index in [4.69, 9.17) is 11.6 Å². The van der Waals surface area contributed by atoms with Crippen LogP contribution in [0.15, 0.2) is 33.2 Å². The van der Waals surface area contributed by atoms with E-state index >= 15 is 0 Å². The van der Waals surface area contributed by atoms with Gasteiger partial charge in [-0.2, -0.15) is 0 Å². The molecule has 19 heavy (non-hydrogen) atoms. The zero-order valence-corrected chi connectivity index (χ0v) is 15.4. The molecule has 5 heteroatoms. The minimum atomic E-state index is 0.139. The highest BCUT2D eigenvalue weighted by atomic mass is 79.9. The summed E-state index contributed by atoms with van der Waals surface area (Å²) >= 11 is 15.2. The first-order valence-electron chi connectivity index (χ1n) is 5.97. The normalized spacial score (nSPS) is 12.7. The number of thiophene rings is 1. The average molecular weight is 424 g/mol. The maximum Gasteiger partial charge on any atom is 0.0686 e. The Morgan fingerprint density at radius 1 is 1.32 bits per heavy atom. The summed E-state index contributed by atoms with van der Waals surface area (Å²) in [6.07, 6.45) is 0. The first-order valence-corrected chi connectivity index (χ1v) is 8.75. The Balaban J connectivity index is 2.44. The quantitative estimate of drug-likeness (QED) is 0.642. The van der Waals surface area contributed by atoms with Gasteiger partial charge in [0.25, 0.3) is 0 Å². The molecule has 1 aromatic heterocycles. The third kappa shape index (κ3) is 3.61. The second kappa shape index (κ2) is 6.72. The molecular formula is C14H14Br2ClNS. The smallest absolute Gasteiger partial charge is 0.0686 e. The van der Waals surface area contributed by atoms with E-state index in [1.165, 1.54) is 9.75 Å². The van der Waals surface area contributed by atoms with Crippen molar-refractivity contribution in [3.8, 4) is 0 Å². The van der Waals surface area contributed by atoms with Crippen LogP contribution in [0.25, 0.3) is 0 Å². The molecule has 0 fully saturated rings. The molecule has 2 aromatic rings. The second-order valence-electron chi connectivity index (χ2n) is 4.21. The van der Waals surface area contributed by atoms with Crippen LogP contribution in [0.5, 0.6) is 0 Å². The van der Waals surface area contributed by atoms with Crippen LogP contribution in [0.1, 0.15) is 28.3 Å². The summed E-state index contributed by atoms with van der Waals surface area (Å²) in [7, 11) is 0. The van der Waals surface area contributed by atoms with Crippen molar-refractivity contribution in [2.24, 2.45) is 0 Å². The van der Waals surface area contributed by atoms with E-state index in [2.05, 4.69) is 63.2 Å². The minimum absolute atomic E-state index is 0.139. The first-order chi connectivity index (χ1) is 9.02. The van der Waals surface area contributed by atoms with Crippen molar-refractivity contribution in [1.29, 1.82) is 0 Å². The largest absolute Gasteiger partial charge is 0.306 e. The number of halogens is 3. The molecule has 1 N–H and O–H groups in total. The third-order valence-electron chi connectivity index (χ3n) is 2.84. The second-order valence-corrected chi connectivity index (χ2v) is 7.67. The Morgan fingerprint density at radius 2 is 2.05 bits per heavy atom. The van der Waals surface area contributed by atoms with E-state index in [0.717, 1.165) is 26.1 Å². The summed E-state index contributed by atoms with van der Waals surface area (Å²) in [5.74, 6) is 0. The Bertz CT molecular complexity index is 563. The summed E-state index contributed by atoms with van der Waals surface area (Å²) in [6.45, 7) is 5.12. The van der Waals surface area contributed by atoms with E-state index in [1.807, 2.05) is 12.1 Å². The zero-order valence-electron chi connectivity index (χ0n) is 10.6. The molecule has 102 valence electrons. The molecule has 2 rings (SSSR count). The first kappa shape index (κ1) is 15.5. The van der Waals surface area contributed by atoms with Crippen LogP contribution in [-0.2, 0) is 0 Å². The van der Waals surface area contributed by atoms with Crippen LogP contribution in [0.4, 0.5) is 0 Å². The van der Waals surface area contributed by atoms with E-state index in [1.54, 1.807) is 11.3 Å². The monoisotopic (exact) mass is 421 g/mol. The maximum atomic E-state index is 6.38. The highest BCUT2D eigenvalue weighted by Crippen LogP contribution is 2.36. The number of nitrogens with one attached hydrogen (secondary N) is 1. The zero-order chi connectivity index (χ0) is 14.0. The van der Waals surface area contributed by atoms with Gasteiger partial charge in [0.2, 0.25) is 0 Å². The lowest BCUT2D eigenvalue weighted by molar-refractivity contribution is 0.639. The Morgan fingerprint density at radius 3 is 2.58 bits per heavy atom. The summed E-state index contributed by atoms with van der Waals surface area (Å²) in [4.78, 5) is 2.56. The van der Waals surface area contributed by atoms with E-state index in [-0.39, 0.29) is 6.04 Å². The van der Waals surface area contributed by atoms with Gasteiger partial charge < -0.3 is 5.32 Å². The molecule has 0 aliphatic carbocycles. The summed E-state index contributed by atoms with van der Waals surface area (Å²) in [5.41, 5.74) is 1.11. The summed E-state index contributed by atoms with van der Waals surface area (Å²) in [6, 6.07) is 8.35. The minimum Gasteiger partial charge on any atom is -0.306 e. The Labute approximate surface area is 139 Å². The van der Waals surface area contributed by atoms with Crippen molar-refractivity contribution < 1.29 is 0 Å². The maximum absolute atomic E-state index is 6.38. The van der Waals surface area contributed by atoms with Gasteiger partial charge in [-0.25, -0.2) is 0 Å². The van der Waals surface area contributed by atoms with Gasteiger partial charge in [0.1, 0.15) is 0 Å². The fourth-order valence-corrected chi connectivity index (χ4v) is 4.37. The molecule has 0 saturated carbocycles. The lowest BCUT2D eigenvalue weighted by Crippen LogP contribution is -2.21. The Hall–Kier alpha value is 0.130. The molecule has 0 bridgehead atoms. The average Bonchev–Trinajstić information content (AvgIpc) is 2.67. The molecule has 0 amide bonds. The van der Waals surface area contributed by atoms with Crippen LogP contribution in [0.3, 0.4) is 0 Å². The van der Waals surface area contributed by atoms with Crippen molar-refractivity contribution in [1.82, 2.24) is 5.32 Å². The highest BCUT2D eigenvalue weighted by molar-refractivity contribution is 9.10. The highest BCUT2D eigenvalue weighted by Gasteiger charge is 2.19. The fourth-order valence-electron chi connectivity index (χ4n) is 1.93. The van der Waals surface area contributed by atoms with Crippen LogP contribution < -0.4 is 5.32 Å². The molecular weight excluding hydrogens is 409 g/mol. The van der Waals surface area contributed by atoms with Gasteiger partial charge in [-0.05, 0) is 53.2 Å². The van der Waals surface area contributed by atoms with Crippen LogP contribution in [0.2, 0.25) is 5.02 Å². The van der Waals surface area contributed by atoms with E-state index in [9.17, 15) is 0 Å². The van der Waals surface area contributed by atoms with Gasteiger partial charge >= 0.3 is 0 Å². The predicted octanol–water partition coefficient (Wildman–Crippen LogP) is 5.93. The molecule has 1 atom stereocenters. The molecule has 0 radical (unpaired) electrons. The van der Waals surface area contributed by atoms with E-state index in [0.29, 0.717) is 0 Å². The SMILES string of the molecule is CCNC(c1cc(Br)c(C)s1)c1ccc(Br)cc1Cl. The molecule has 1 nitrogen and oxygen atoms in total. The number of benzene rings is 1. The van der Waals surface area contributed by atoms with Crippen molar-refractivity contribution in [3.05, 3.63) is 53.6 Å². The molecule has 0 saturated heterocycles. The van der Waals surface area contributed by atoms with Crippen molar-refractivity contribution in [2.45, 2.75) is 19.9 Å². The lowest BCUT2D eigenvalue weighted by Gasteiger charge is -2.18. The number of aryl methyl sites for hydroxylation is 1. The predicted molar refractivity (Wildman–Crippen MR) is 91.4 cm³/mol. The number of hydrogen-bond acceptors (Lipinski definition) is 2. The van der Waals surface area contributed by atoms with Crippen LogP contribution in [0, 0.1) is 6.92 Å². The summed E-state index contributed by atoms with van der Waals surface area (Å²) < 4.78 is 2.16. The Kier molecular flexibility index (Phi) is 5.49. The fraction of sp³-hybridized carbons (Fsp3) is 0.286. The van der Waals surface area contributed by atoms with Crippen molar-refractivity contribution in [3.63, 3.8) is 0 Å². The third-order valence-corrected chi connectivity index (χ3v) is 5.86. The molecule has 0 spiro atoms. The van der Waals surface area contributed by atoms with Crippen molar-refractivity contribution in [2.75, 3.05) is 6.54 Å². The van der Waals surface area contributed by atoms with E-state index < -0.39 is 0 Å². The molecule has 0 aliphatic heterocycles. The molecule has 1 aromatic carbocycles. The summed E-state index contributed by atoms with van der Waals surface area (Å²) in [5, 5.41) is 4.29. The standard InChI is InChI=1S/C14H14Br2ClNS/c1-3-18-14(13-7-11(16)8(2)19-13)10-5-4-9(15)6-12(10)17/h4-7,14,18H,3H2,1-2H3. The van der Waals surface area contributed by atoms with Gasteiger partial charge in [0, 0.05) is 23.7 Å². The van der Waals surface area contributed by atoms with Crippen molar-refractivity contribution >= 4 is 54.8 Å². The van der Waals surface area contributed by atoms with Gasteiger partial charge in [0.15, 0.2) is 0 Å². The van der Waals surface area contributed by atoms with Gasteiger partial charge in [-0.15, -0.1) is 11.3 Å².